The molecule has 0 saturated heterocycles. The zero-order valence-electron chi connectivity index (χ0n) is 7.07. The normalized spacial score (nSPS) is 10.4. The van der Waals surface area contributed by atoms with Gasteiger partial charge in [0.1, 0.15) is 5.75 Å². The van der Waals surface area contributed by atoms with Crippen molar-refractivity contribution in [1.29, 1.82) is 0 Å². The number of rotatable bonds is 1. The van der Waals surface area contributed by atoms with Crippen LogP contribution in [0.4, 0.5) is 0 Å². The molecule has 0 fully saturated rings. The molecule has 0 aliphatic carbocycles. The number of hydrogen-bond acceptors (Lipinski definition) is 3. The maximum atomic E-state index is 10.8. The minimum Gasteiger partial charge on any atom is -0.508 e. The van der Waals surface area contributed by atoms with Crippen LogP contribution in [0.1, 0.15) is 10.4 Å². The van der Waals surface area contributed by atoms with Gasteiger partial charge in [-0.2, -0.15) is 0 Å². The molecule has 1 heterocycles. The number of aromatic hydroxyl groups is 1. The minimum atomic E-state index is -0.553. The number of carbonyl (C=O) groups is 1. The molecule has 0 amide bonds. The highest BCUT2D eigenvalue weighted by Gasteiger charge is 2.03. The second-order valence-electron chi connectivity index (χ2n) is 2.87. The summed E-state index contributed by atoms with van der Waals surface area (Å²) in [7, 11) is 0. The molecule has 1 aromatic heterocycles. The summed E-state index contributed by atoms with van der Waals surface area (Å²) in [5, 5.41) is 9.35. The van der Waals surface area contributed by atoms with Gasteiger partial charge in [0.05, 0.1) is 11.1 Å². The summed E-state index contributed by atoms with van der Waals surface area (Å²) in [4.78, 5) is 14.9. The molecule has 0 bridgehead atoms. The van der Waals surface area contributed by atoms with Crippen molar-refractivity contribution < 1.29 is 9.90 Å². The fourth-order valence-electron chi connectivity index (χ4n) is 1.23. The number of hydrogen-bond donors (Lipinski definition) is 1. The lowest BCUT2D eigenvalue weighted by Crippen LogP contribution is -1.90. The molecule has 3 nitrogen and oxygen atoms in total. The van der Waals surface area contributed by atoms with E-state index in [1.165, 1.54) is 18.3 Å². The van der Waals surface area contributed by atoms with Crippen LogP contribution in [0.5, 0.6) is 5.75 Å². The molecule has 1 aromatic carbocycles. The number of nitrogens with zero attached hydrogens (tertiary/aromatic N) is 1. The van der Waals surface area contributed by atoms with Crippen molar-refractivity contribution in [1.82, 2.24) is 4.98 Å². The van der Waals surface area contributed by atoms with Crippen LogP contribution >= 0.6 is 11.6 Å². The molecule has 0 aliphatic heterocycles. The Bertz CT molecular complexity index is 510. The number of fused-ring (bicyclic) bond motifs is 1. The Kier molecular flexibility index (Phi) is 2.09. The zero-order chi connectivity index (χ0) is 10.1. The van der Waals surface area contributed by atoms with Crippen molar-refractivity contribution in [2.45, 2.75) is 0 Å². The maximum Gasteiger partial charge on any atom is 0.253 e. The van der Waals surface area contributed by atoms with E-state index in [1.807, 2.05) is 0 Å². The summed E-state index contributed by atoms with van der Waals surface area (Å²) in [6.45, 7) is 0. The molecule has 1 N–H and O–H groups in total. The van der Waals surface area contributed by atoms with Crippen molar-refractivity contribution in [2.75, 3.05) is 0 Å². The lowest BCUT2D eigenvalue weighted by molar-refractivity contribution is 0.108. The second-order valence-corrected chi connectivity index (χ2v) is 3.22. The summed E-state index contributed by atoms with van der Waals surface area (Å²) in [5.74, 6) is 0.137. The highest BCUT2D eigenvalue weighted by molar-refractivity contribution is 6.67. The summed E-state index contributed by atoms with van der Waals surface area (Å²) in [5.41, 5.74) is 1.04. The van der Waals surface area contributed by atoms with Gasteiger partial charge in [0.25, 0.3) is 5.24 Å². The molecular formula is C10H6ClNO2. The Labute approximate surface area is 85.0 Å². The first-order chi connectivity index (χ1) is 6.66. The van der Waals surface area contributed by atoms with E-state index >= 15 is 0 Å². The lowest BCUT2D eigenvalue weighted by atomic mass is 10.1. The predicted molar refractivity (Wildman–Crippen MR) is 53.6 cm³/mol. The van der Waals surface area contributed by atoms with E-state index in [0.29, 0.717) is 16.5 Å². The second kappa shape index (κ2) is 3.27. The molecule has 2 aromatic rings. The van der Waals surface area contributed by atoms with Crippen LogP contribution in [-0.4, -0.2) is 15.3 Å². The monoisotopic (exact) mass is 207 g/mol. The van der Waals surface area contributed by atoms with Crippen molar-refractivity contribution in [2.24, 2.45) is 0 Å². The van der Waals surface area contributed by atoms with Crippen LogP contribution in [0, 0.1) is 0 Å². The molecule has 0 saturated carbocycles. The van der Waals surface area contributed by atoms with Gasteiger partial charge >= 0.3 is 0 Å². The summed E-state index contributed by atoms with van der Waals surface area (Å²) in [6.07, 6.45) is 1.41. The zero-order valence-corrected chi connectivity index (χ0v) is 7.82. The summed E-state index contributed by atoms with van der Waals surface area (Å²) >= 11 is 5.30. The van der Waals surface area contributed by atoms with Crippen LogP contribution in [-0.2, 0) is 0 Å². The number of phenols is 1. The molecular weight excluding hydrogens is 202 g/mol. The van der Waals surface area contributed by atoms with Gasteiger partial charge in [-0.15, -0.1) is 0 Å². The fourth-order valence-corrected chi connectivity index (χ4v) is 1.33. The molecule has 0 spiro atoms. The van der Waals surface area contributed by atoms with Crippen LogP contribution < -0.4 is 0 Å². The fraction of sp³-hybridized carbons (Fsp3) is 0. The number of pyridine rings is 1. The number of halogens is 1. The molecule has 4 heteroatoms. The van der Waals surface area contributed by atoms with E-state index in [-0.39, 0.29) is 5.75 Å². The van der Waals surface area contributed by atoms with E-state index < -0.39 is 5.24 Å². The van der Waals surface area contributed by atoms with Crippen LogP contribution in [0.25, 0.3) is 10.9 Å². The van der Waals surface area contributed by atoms with Gasteiger partial charge in [0.15, 0.2) is 0 Å². The van der Waals surface area contributed by atoms with Crippen LogP contribution in [0.2, 0.25) is 0 Å². The topological polar surface area (TPSA) is 50.2 Å². The average molecular weight is 208 g/mol. The number of phenolic OH excluding ortho intramolecular Hbond substituents is 1. The van der Waals surface area contributed by atoms with Crippen molar-refractivity contribution in [3.63, 3.8) is 0 Å². The van der Waals surface area contributed by atoms with Crippen molar-refractivity contribution in [3.05, 3.63) is 36.0 Å². The molecule has 0 radical (unpaired) electrons. The highest BCUT2D eigenvalue weighted by Crippen LogP contribution is 2.19. The van der Waals surface area contributed by atoms with Gasteiger partial charge in [-0.25, -0.2) is 0 Å². The molecule has 0 atom stereocenters. The van der Waals surface area contributed by atoms with Gasteiger partial charge in [0, 0.05) is 11.6 Å². The first-order valence-corrected chi connectivity index (χ1v) is 4.33. The van der Waals surface area contributed by atoms with Crippen LogP contribution in [0.15, 0.2) is 30.5 Å². The van der Waals surface area contributed by atoms with Crippen LogP contribution in [0.3, 0.4) is 0 Å². The Morgan fingerprint density at radius 3 is 2.86 bits per heavy atom. The molecule has 14 heavy (non-hydrogen) atoms. The third kappa shape index (κ3) is 1.54. The predicted octanol–water partition coefficient (Wildman–Crippen LogP) is 2.32. The molecule has 2 rings (SSSR count). The molecule has 0 unspecified atom stereocenters. The summed E-state index contributed by atoms with van der Waals surface area (Å²) in [6, 6.07) is 6.34. The first-order valence-electron chi connectivity index (χ1n) is 3.95. The van der Waals surface area contributed by atoms with Gasteiger partial charge in [-0.3, -0.25) is 9.78 Å². The SMILES string of the molecule is O=C(Cl)c1cnc2ccc(O)cc2c1. The number of carbonyl (C=O) groups excluding carboxylic acids is 1. The Morgan fingerprint density at radius 1 is 1.36 bits per heavy atom. The maximum absolute atomic E-state index is 10.8. The van der Waals surface area contributed by atoms with Gasteiger partial charge in [0.2, 0.25) is 0 Å². The third-order valence-electron chi connectivity index (χ3n) is 1.89. The van der Waals surface area contributed by atoms with E-state index in [1.54, 1.807) is 12.1 Å². The van der Waals surface area contributed by atoms with E-state index in [4.69, 9.17) is 11.6 Å². The first kappa shape index (κ1) is 8.97. The van der Waals surface area contributed by atoms with Gasteiger partial charge < -0.3 is 5.11 Å². The third-order valence-corrected chi connectivity index (χ3v) is 2.11. The Balaban J connectivity index is 2.69. The Morgan fingerprint density at radius 2 is 2.14 bits per heavy atom. The smallest absolute Gasteiger partial charge is 0.253 e. The van der Waals surface area contributed by atoms with Crippen molar-refractivity contribution in [3.8, 4) is 5.75 Å². The largest absolute Gasteiger partial charge is 0.508 e. The standard InChI is InChI=1S/C10H6ClNO2/c11-10(14)7-3-6-4-8(13)1-2-9(6)12-5-7/h1-5,13H. The lowest BCUT2D eigenvalue weighted by Gasteiger charge is -1.99. The molecule has 70 valence electrons. The quantitative estimate of drug-likeness (QED) is 0.731. The van der Waals surface area contributed by atoms with Gasteiger partial charge in [-0.1, -0.05) is 0 Å². The van der Waals surface area contributed by atoms with Crippen molar-refractivity contribution >= 4 is 27.7 Å². The number of aromatic nitrogens is 1. The highest BCUT2D eigenvalue weighted by atomic mass is 35.5. The number of benzene rings is 1. The van der Waals surface area contributed by atoms with E-state index in [9.17, 15) is 9.90 Å². The molecule has 0 aliphatic rings. The van der Waals surface area contributed by atoms with E-state index in [2.05, 4.69) is 4.98 Å². The summed E-state index contributed by atoms with van der Waals surface area (Å²) < 4.78 is 0. The van der Waals surface area contributed by atoms with Gasteiger partial charge in [-0.05, 0) is 35.9 Å². The average Bonchev–Trinajstić information content (AvgIpc) is 2.16. The Hall–Kier alpha value is -1.61. The minimum absolute atomic E-state index is 0.137. The van der Waals surface area contributed by atoms with E-state index in [0.717, 1.165) is 0 Å².